The van der Waals surface area contributed by atoms with Crippen molar-refractivity contribution in [1.29, 1.82) is 0 Å². The van der Waals surface area contributed by atoms with E-state index in [0.717, 1.165) is 52.5 Å². The standard InChI is InChI=1S/C37H48N2O8S/c1-42-18-7-16-38-17-19-44-33-15-10-28(20-32(33)38)24-45-34-21-39(37(41)47-23-27-8-5-4-6-9-27)22-35(46-26-30(40)25-43-2)36(34)29-11-13-31(48-3)14-12-29/h4-6,8-15,20,30,34-36,40H,7,16-19,21-26H2,1-3H3/t30-,34+,35-,36-/m1/s1. The molecule has 1 N–H and O–H groups in total. The van der Waals surface area contributed by atoms with Crippen LogP contribution < -0.4 is 9.64 Å². The van der Waals surface area contributed by atoms with Gasteiger partial charge in [-0.3, -0.25) is 0 Å². The van der Waals surface area contributed by atoms with Crippen LogP contribution in [0.3, 0.4) is 0 Å². The fraction of sp³-hybridized carbons (Fsp3) is 0.486. The number of likely N-dealkylation sites (tertiary alicyclic amines) is 1. The Morgan fingerprint density at radius 1 is 0.938 bits per heavy atom. The van der Waals surface area contributed by atoms with Crippen LogP contribution in [0.5, 0.6) is 5.75 Å². The number of thioether (sulfide) groups is 1. The Labute approximate surface area is 288 Å². The number of hydrogen-bond donors (Lipinski definition) is 1. The molecule has 1 saturated heterocycles. The normalized spacial score (nSPS) is 19.8. The minimum absolute atomic E-state index is 0.0568. The van der Waals surface area contributed by atoms with E-state index in [1.165, 1.54) is 0 Å². The van der Waals surface area contributed by atoms with Crippen LogP contribution in [-0.2, 0) is 36.9 Å². The number of amides is 1. The Balaban J connectivity index is 1.38. The Bertz CT molecular complexity index is 1410. The number of aliphatic hydroxyl groups excluding tert-OH is 1. The van der Waals surface area contributed by atoms with Crippen molar-refractivity contribution in [3.8, 4) is 5.75 Å². The highest BCUT2D eigenvalue weighted by atomic mass is 32.2. The number of benzene rings is 3. The van der Waals surface area contributed by atoms with Gasteiger partial charge in [0.1, 0.15) is 25.1 Å². The van der Waals surface area contributed by atoms with Gasteiger partial charge in [0.15, 0.2) is 0 Å². The lowest BCUT2D eigenvalue weighted by molar-refractivity contribution is -0.109. The van der Waals surface area contributed by atoms with Crippen molar-refractivity contribution in [2.75, 3.05) is 78.0 Å². The molecular weight excluding hydrogens is 632 g/mol. The molecule has 2 aliphatic rings. The van der Waals surface area contributed by atoms with Crippen LogP contribution in [0.1, 0.15) is 29.0 Å². The van der Waals surface area contributed by atoms with Gasteiger partial charge >= 0.3 is 6.09 Å². The molecule has 11 heteroatoms. The highest BCUT2D eigenvalue weighted by molar-refractivity contribution is 7.98. The molecule has 1 amide bonds. The van der Waals surface area contributed by atoms with Gasteiger partial charge in [-0.2, -0.15) is 0 Å². The van der Waals surface area contributed by atoms with Gasteiger partial charge in [-0.05, 0) is 53.6 Å². The first-order valence-corrected chi connectivity index (χ1v) is 17.7. The van der Waals surface area contributed by atoms with Gasteiger partial charge in [0.2, 0.25) is 0 Å². The van der Waals surface area contributed by atoms with Gasteiger partial charge in [0, 0.05) is 38.2 Å². The molecule has 48 heavy (non-hydrogen) atoms. The summed E-state index contributed by atoms with van der Waals surface area (Å²) < 4.78 is 35.3. The first-order valence-electron chi connectivity index (χ1n) is 16.5. The number of rotatable bonds is 16. The minimum atomic E-state index is -0.807. The molecule has 1 fully saturated rings. The van der Waals surface area contributed by atoms with Crippen LogP contribution in [0.25, 0.3) is 0 Å². The maximum atomic E-state index is 13.5. The molecule has 5 rings (SSSR count). The first kappa shape index (κ1) is 36.0. The van der Waals surface area contributed by atoms with E-state index in [-0.39, 0.29) is 32.3 Å². The van der Waals surface area contributed by atoms with E-state index in [2.05, 4.69) is 35.2 Å². The van der Waals surface area contributed by atoms with E-state index in [9.17, 15) is 9.90 Å². The first-order chi connectivity index (χ1) is 23.5. The monoisotopic (exact) mass is 680 g/mol. The van der Waals surface area contributed by atoms with E-state index in [4.69, 9.17) is 28.4 Å². The van der Waals surface area contributed by atoms with Crippen molar-refractivity contribution in [2.24, 2.45) is 0 Å². The Morgan fingerprint density at radius 3 is 2.44 bits per heavy atom. The molecule has 0 aliphatic carbocycles. The molecule has 0 aromatic heterocycles. The zero-order chi connectivity index (χ0) is 33.7. The van der Waals surface area contributed by atoms with Crippen molar-refractivity contribution >= 4 is 23.5 Å². The highest BCUT2D eigenvalue weighted by Crippen LogP contribution is 2.36. The highest BCUT2D eigenvalue weighted by Gasteiger charge is 2.42. The summed E-state index contributed by atoms with van der Waals surface area (Å²) in [6, 6.07) is 24.2. The van der Waals surface area contributed by atoms with E-state index in [0.29, 0.717) is 26.4 Å². The molecule has 10 nitrogen and oxygen atoms in total. The Morgan fingerprint density at radius 2 is 1.71 bits per heavy atom. The quantitative estimate of drug-likeness (QED) is 0.157. The maximum Gasteiger partial charge on any atom is 0.410 e. The number of aliphatic hydroxyl groups is 1. The predicted molar refractivity (Wildman–Crippen MR) is 186 cm³/mol. The maximum absolute atomic E-state index is 13.5. The third-order valence-electron chi connectivity index (χ3n) is 8.65. The molecule has 2 heterocycles. The van der Waals surface area contributed by atoms with Gasteiger partial charge in [-0.1, -0.05) is 48.5 Å². The third kappa shape index (κ3) is 9.87. The van der Waals surface area contributed by atoms with Crippen molar-refractivity contribution < 1.29 is 38.3 Å². The van der Waals surface area contributed by atoms with Crippen LogP contribution in [0.2, 0.25) is 0 Å². The summed E-state index contributed by atoms with van der Waals surface area (Å²) in [6.45, 7) is 4.33. The predicted octanol–water partition coefficient (Wildman–Crippen LogP) is 5.36. The zero-order valence-electron chi connectivity index (χ0n) is 28.1. The molecule has 260 valence electrons. The van der Waals surface area contributed by atoms with E-state index < -0.39 is 24.4 Å². The zero-order valence-corrected chi connectivity index (χ0v) is 28.9. The lowest BCUT2D eigenvalue weighted by Gasteiger charge is -2.43. The Hall–Kier alpha value is -3.32. The van der Waals surface area contributed by atoms with Gasteiger partial charge in [-0.25, -0.2) is 4.79 Å². The molecule has 4 atom stereocenters. The molecule has 0 radical (unpaired) electrons. The van der Waals surface area contributed by atoms with Crippen molar-refractivity contribution in [1.82, 2.24) is 4.90 Å². The number of hydrogen-bond acceptors (Lipinski definition) is 10. The number of carbonyl (C=O) groups excluding carboxylic acids is 1. The molecule has 2 aliphatic heterocycles. The van der Waals surface area contributed by atoms with Gasteiger partial charge < -0.3 is 43.3 Å². The summed E-state index contributed by atoms with van der Waals surface area (Å²) in [5.74, 6) is 0.655. The lowest BCUT2D eigenvalue weighted by Crippen LogP contribution is -2.55. The number of methoxy groups -OCH3 is 2. The van der Waals surface area contributed by atoms with E-state index in [1.807, 2.05) is 48.7 Å². The molecule has 0 bridgehead atoms. The number of fused-ring (bicyclic) bond motifs is 1. The van der Waals surface area contributed by atoms with Gasteiger partial charge in [-0.15, -0.1) is 11.8 Å². The number of ether oxygens (including phenoxy) is 6. The summed E-state index contributed by atoms with van der Waals surface area (Å²) in [7, 11) is 3.26. The molecule has 0 saturated carbocycles. The fourth-order valence-corrected chi connectivity index (χ4v) is 6.63. The number of nitrogens with zero attached hydrogens (tertiary/aromatic N) is 2. The second kappa shape index (κ2) is 18.4. The molecule has 3 aromatic rings. The van der Waals surface area contributed by atoms with Gasteiger partial charge in [0.25, 0.3) is 0 Å². The summed E-state index contributed by atoms with van der Waals surface area (Å²) in [4.78, 5) is 18.6. The van der Waals surface area contributed by atoms with Crippen LogP contribution >= 0.6 is 11.8 Å². The average molecular weight is 681 g/mol. The van der Waals surface area contributed by atoms with Crippen LogP contribution in [-0.4, -0.2) is 107 Å². The van der Waals surface area contributed by atoms with Crippen LogP contribution in [0.4, 0.5) is 10.5 Å². The number of piperidine rings is 1. The van der Waals surface area contributed by atoms with Crippen LogP contribution in [0.15, 0.2) is 77.7 Å². The fourth-order valence-electron chi connectivity index (χ4n) is 6.22. The summed E-state index contributed by atoms with van der Waals surface area (Å²) in [5.41, 5.74) is 4.00. The topological polar surface area (TPSA) is 99.2 Å². The molecular formula is C37H48N2O8S. The number of carbonyl (C=O) groups is 1. The van der Waals surface area contributed by atoms with Gasteiger partial charge in [0.05, 0.1) is 57.4 Å². The average Bonchev–Trinajstić information content (AvgIpc) is 3.12. The SMILES string of the molecule is COCCCN1CCOc2ccc(CO[C@H]3CN(C(=O)OCc4ccccc4)C[C@@H](OC[C@H](O)COC)[C@@H]3c3ccc(SC)cc3)cc21. The second-order valence-electron chi connectivity index (χ2n) is 12.1. The molecule has 3 aromatic carbocycles. The third-order valence-corrected chi connectivity index (χ3v) is 9.39. The summed E-state index contributed by atoms with van der Waals surface area (Å²) in [6.07, 6.45) is 0.843. The summed E-state index contributed by atoms with van der Waals surface area (Å²) in [5, 5.41) is 10.5. The van der Waals surface area contributed by atoms with Crippen molar-refractivity contribution in [3.63, 3.8) is 0 Å². The molecule has 0 spiro atoms. The second-order valence-corrected chi connectivity index (χ2v) is 12.9. The lowest BCUT2D eigenvalue weighted by atomic mass is 9.84. The van der Waals surface area contributed by atoms with E-state index in [1.54, 1.807) is 30.9 Å². The van der Waals surface area contributed by atoms with Crippen molar-refractivity contribution in [2.45, 2.75) is 48.8 Å². The van der Waals surface area contributed by atoms with Crippen LogP contribution in [0, 0.1) is 0 Å². The van der Waals surface area contributed by atoms with E-state index >= 15 is 0 Å². The smallest absolute Gasteiger partial charge is 0.410 e. The minimum Gasteiger partial charge on any atom is -0.490 e. The summed E-state index contributed by atoms with van der Waals surface area (Å²) >= 11 is 1.68. The van der Waals surface area contributed by atoms with Crippen molar-refractivity contribution in [3.05, 3.63) is 89.5 Å². The largest absolute Gasteiger partial charge is 0.490 e. The number of anilines is 1. The Kier molecular flexibility index (Phi) is 13.8. The molecule has 0 unspecified atom stereocenters.